The van der Waals surface area contributed by atoms with Gasteiger partial charge in [-0.1, -0.05) is 13.8 Å². The van der Waals surface area contributed by atoms with Crippen molar-refractivity contribution in [3.63, 3.8) is 0 Å². The Bertz CT molecular complexity index is 376. The summed E-state index contributed by atoms with van der Waals surface area (Å²) in [6.45, 7) is 4.79. The third kappa shape index (κ3) is 4.16. The Kier molecular flexibility index (Phi) is 5.21. The smallest absolute Gasteiger partial charge is 0.289 e. The quantitative estimate of drug-likeness (QED) is 0.909. The molecule has 1 aromatic heterocycles. The van der Waals surface area contributed by atoms with Crippen LogP contribution in [0, 0.1) is 5.92 Å². The van der Waals surface area contributed by atoms with Gasteiger partial charge in [-0.05, 0) is 40.4 Å². The summed E-state index contributed by atoms with van der Waals surface area (Å²) in [6, 6.07) is 3.49. The van der Waals surface area contributed by atoms with Gasteiger partial charge in [0.2, 0.25) is 0 Å². The Morgan fingerprint density at radius 1 is 1.53 bits per heavy atom. The number of nitrogens with two attached hydrogens (primary N) is 1. The normalized spacial score (nSPS) is 12.8. The van der Waals surface area contributed by atoms with Crippen molar-refractivity contribution >= 4 is 21.8 Å². The molecule has 17 heavy (non-hydrogen) atoms. The number of hydrogen-bond donors (Lipinski definition) is 1. The molecular weight excluding hydrogens is 284 g/mol. The Balaban J connectivity index is 2.48. The molecule has 0 saturated carbocycles. The molecule has 0 radical (unpaired) electrons. The molecule has 0 aliphatic carbocycles. The largest absolute Gasteiger partial charge is 0.444 e. The highest BCUT2D eigenvalue weighted by Gasteiger charge is 2.17. The van der Waals surface area contributed by atoms with Crippen LogP contribution in [-0.4, -0.2) is 30.4 Å². The van der Waals surface area contributed by atoms with Crippen LogP contribution < -0.4 is 5.73 Å². The van der Waals surface area contributed by atoms with Crippen LogP contribution >= 0.6 is 15.9 Å². The van der Waals surface area contributed by atoms with E-state index in [2.05, 4.69) is 29.8 Å². The van der Waals surface area contributed by atoms with Crippen molar-refractivity contribution in [2.75, 3.05) is 13.6 Å². The lowest BCUT2D eigenvalue weighted by Gasteiger charge is -2.20. The second-order valence-corrected chi connectivity index (χ2v) is 5.31. The minimum Gasteiger partial charge on any atom is -0.444 e. The van der Waals surface area contributed by atoms with Gasteiger partial charge in [-0.25, -0.2) is 0 Å². The first-order chi connectivity index (χ1) is 7.91. The van der Waals surface area contributed by atoms with Gasteiger partial charge in [-0.2, -0.15) is 0 Å². The van der Waals surface area contributed by atoms with E-state index in [0.29, 0.717) is 22.9 Å². The van der Waals surface area contributed by atoms with Crippen molar-refractivity contribution in [2.24, 2.45) is 11.7 Å². The molecule has 2 N–H and O–H groups in total. The van der Waals surface area contributed by atoms with Gasteiger partial charge < -0.3 is 15.1 Å². The molecule has 0 aliphatic heterocycles. The summed E-state index contributed by atoms with van der Waals surface area (Å²) < 4.78 is 5.78. The number of halogens is 1. The maximum absolute atomic E-state index is 11.9. The van der Waals surface area contributed by atoms with Crippen LogP contribution in [0.15, 0.2) is 21.2 Å². The van der Waals surface area contributed by atoms with Gasteiger partial charge in [0.05, 0.1) is 0 Å². The molecule has 0 bridgehead atoms. The van der Waals surface area contributed by atoms with Crippen molar-refractivity contribution in [1.29, 1.82) is 0 Å². The Morgan fingerprint density at radius 2 is 2.18 bits per heavy atom. The first-order valence-corrected chi connectivity index (χ1v) is 6.47. The lowest BCUT2D eigenvalue weighted by atomic mass is 10.0. The maximum atomic E-state index is 11.9. The molecule has 4 nitrogen and oxygen atoms in total. The third-order valence-electron chi connectivity index (χ3n) is 2.78. The molecule has 1 atom stereocenters. The van der Waals surface area contributed by atoms with Crippen LogP contribution in [0.2, 0.25) is 0 Å². The molecular formula is C12H19BrN2O2. The van der Waals surface area contributed by atoms with Gasteiger partial charge in [0.15, 0.2) is 10.4 Å². The van der Waals surface area contributed by atoms with Gasteiger partial charge in [-0.3, -0.25) is 4.79 Å². The lowest BCUT2D eigenvalue weighted by molar-refractivity contribution is 0.0756. The molecule has 1 heterocycles. The minimum absolute atomic E-state index is 0.119. The van der Waals surface area contributed by atoms with Gasteiger partial charge in [0.1, 0.15) is 0 Å². The first-order valence-electron chi connectivity index (χ1n) is 5.68. The van der Waals surface area contributed by atoms with Gasteiger partial charge in [0.25, 0.3) is 5.91 Å². The van der Waals surface area contributed by atoms with Gasteiger partial charge in [0, 0.05) is 19.6 Å². The Morgan fingerprint density at radius 3 is 2.65 bits per heavy atom. The standard InChI is InChI=1S/C12H19BrN2O2/c1-8(2)9(14)6-7-15(3)12(16)10-4-5-11(13)17-10/h4-5,8-9H,6-7,14H2,1-3H3. The molecule has 96 valence electrons. The molecule has 5 heteroatoms. The fourth-order valence-corrected chi connectivity index (χ4v) is 1.70. The summed E-state index contributed by atoms with van der Waals surface area (Å²) in [5, 5.41) is 0. The summed E-state index contributed by atoms with van der Waals surface area (Å²) in [4.78, 5) is 13.5. The van der Waals surface area contributed by atoms with Crippen LogP contribution in [-0.2, 0) is 0 Å². The third-order valence-corrected chi connectivity index (χ3v) is 3.21. The summed E-state index contributed by atoms with van der Waals surface area (Å²) in [6.07, 6.45) is 0.793. The van der Waals surface area contributed by atoms with Crippen molar-refractivity contribution in [3.8, 4) is 0 Å². The highest BCUT2D eigenvalue weighted by Crippen LogP contribution is 2.15. The summed E-state index contributed by atoms with van der Waals surface area (Å²) in [5.74, 6) is 0.653. The van der Waals surface area contributed by atoms with Crippen LogP contribution in [0.1, 0.15) is 30.8 Å². The van der Waals surface area contributed by atoms with E-state index in [1.807, 2.05) is 0 Å². The zero-order chi connectivity index (χ0) is 13.0. The Hall–Kier alpha value is -0.810. The second kappa shape index (κ2) is 6.21. The highest BCUT2D eigenvalue weighted by atomic mass is 79.9. The molecule has 1 amide bonds. The fourth-order valence-electron chi connectivity index (χ4n) is 1.39. The van der Waals surface area contributed by atoms with E-state index in [1.54, 1.807) is 24.1 Å². The minimum atomic E-state index is -0.119. The van der Waals surface area contributed by atoms with E-state index in [0.717, 1.165) is 6.42 Å². The fraction of sp³-hybridized carbons (Fsp3) is 0.583. The van der Waals surface area contributed by atoms with E-state index < -0.39 is 0 Å². The molecule has 0 saturated heterocycles. The topological polar surface area (TPSA) is 59.5 Å². The van der Waals surface area contributed by atoms with Crippen molar-refractivity contribution in [2.45, 2.75) is 26.3 Å². The molecule has 0 aromatic carbocycles. The summed E-state index contributed by atoms with van der Waals surface area (Å²) in [5.41, 5.74) is 5.94. The highest BCUT2D eigenvalue weighted by molar-refractivity contribution is 9.10. The first kappa shape index (κ1) is 14.3. The van der Waals surface area contributed by atoms with Crippen LogP contribution in [0.3, 0.4) is 0 Å². The van der Waals surface area contributed by atoms with Crippen molar-refractivity contribution in [1.82, 2.24) is 4.90 Å². The van der Waals surface area contributed by atoms with E-state index in [4.69, 9.17) is 10.2 Å². The number of hydrogen-bond acceptors (Lipinski definition) is 3. The monoisotopic (exact) mass is 302 g/mol. The van der Waals surface area contributed by atoms with E-state index >= 15 is 0 Å². The lowest BCUT2D eigenvalue weighted by Crippen LogP contribution is -2.34. The zero-order valence-electron chi connectivity index (χ0n) is 10.4. The van der Waals surface area contributed by atoms with E-state index in [9.17, 15) is 4.79 Å². The second-order valence-electron chi connectivity index (χ2n) is 4.53. The SMILES string of the molecule is CC(C)C(N)CCN(C)C(=O)c1ccc(Br)o1. The molecule has 1 rings (SSSR count). The van der Waals surface area contributed by atoms with Gasteiger partial charge in [-0.15, -0.1) is 0 Å². The molecule has 0 spiro atoms. The number of rotatable bonds is 5. The van der Waals surface area contributed by atoms with Crippen LogP contribution in [0.25, 0.3) is 0 Å². The molecule has 1 aromatic rings. The van der Waals surface area contributed by atoms with Gasteiger partial charge >= 0.3 is 0 Å². The van der Waals surface area contributed by atoms with Crippen molar-refractivity contribution in [3.05, 3.63) is 22.6 Å². The summed E-state index contributed by atoms with van der Waals surface area (Å²) >= 11 is 3.17. The average molecular weight is 303 g/mol. The Labute approximate surface area is 110 Å². The van der Waals surface area contributed by atoms with Crippen LogP contribution in [0.5, 0.6) is 0 Å². The van der Waals surface area contributed by atoms with Crippen LogP contribution in [0.4, 0.5) is 0 Å². The molecule has 0 aliphatic rings. The predicted octanol–water partition coefficient (Wildman–Crippen LogP) is 2.49. The number of furan rings is 1. The molecule has 1 unspecified atom stereocenters. The average Bonchev–Trinajstić information content (AvgIpc) is 2.70. The zero-order valence-corrected chi connectivity index (χ0v) is 12.0. The van der Waals surface area contributed by atoms with E-state index in [-0.39, 0.29) is 11.9 Å². The maximum Gasteiger partial charge on any atom is 0.289 e. The summed E-state index contributed by atoms with van der Waals surface area (Å²) in [7, 11) is 1.76. The molecule has 0 fully saturated rings. The predicted molar refractivity (Wildman–Crippen MR) is 70.8 cm³/mol. The number of nitrogens with zero attached hydrogens (tertiary/aromatic N) is 1. The van der Waals surface area contributed by atoms with E-state index in [1.165, 1.54) is 0 Å². The number of carbonyl (C=O) groups excluding carboxylic acids is 1. The number of carbonyl (C=O) groups is 1. The van der Waals surface area contributed by atoms with Crippen molar-refractivity contribution < 1.29 is 9.21 Å². The number of amides is 1.